The molecule has 3 atom stereocenters. The molecule has 102 valence electrons. The molecule has 0 unspecified atom stereocenters. The van der Waals surface area contributed by atoms with Gasteiger partial charge in [0.15, 0.2) is 9.84 Å². The summed E-state index contributed by atoms with van der Waals surface area (Å²) in [6.07, 6.45) is 9.60. The Kier molecular flexibility index (Phi) is 2.88. The van der Waals surface area contributed by atoms with Gasteiger partial charge in [0.25, 0.3) is 0 Å². The molecular formula is C14H21ClO2S. The quantitative estimate of drug-likeness (QED) is 0.503. The van der Waals surface area contributed by atoms with E-state index in [9.17, 15) is 8.42 Å². The van der Waals surface area contributed by atoms with E-state index in [1.54, 1.807) is 0 Å². The summed E-state index contributed by atoms with van der Waals surface area (Å²) in [5.41, 5.74) is 1.12. The highest BCUT2D eigenvalue weighted by atomic mass is 35.5. The predicted octanol–water partition coefficient (Wildman–Crippen LogP) is 3.66. The highest BCUT2D eigenvalue weighted by Gasteiger charge is 2.66. The molecule has 2 aliphatic carbocycles. The highest BCUT2D eigenvalue weighted by Crippen LogP contribution is 2.66. The lowest BCUT2D eigenvalue weighted by molar-refractivity contribution is 0.0655. The fraction of sp³-hybridized carbons (Fsp3) is 0.857. The molecule has 3 rings (SSSR count). The first-order valence-corrected chi connectivity index (χ1v) is 9.08. The topological polar surface area (TPSA) is 34.1 Å². The minimum atomic E-state index is -3.12. The standard InChI is InChI=1S/C14H21ClO2S/c1-11-5-8-14-7-4-2-3-6-13(14,9-11)10-18(16,17)12(14)15/h5,12H,2-4,6-10H2,1H3/t12-,13-,14+/m1/s1. The van der Waals surface area contributed by atoms with Crippen LogP contribution in [0.25, 0.3) is 0 Å². The average Bonchev–Trinajstić information content (AvgIpc) is 2.42. The fourth-order valence-electron chi connectivity index (χ4n) is 4.66. The Labute approximate surface area is 115 Å². The van der Waals surface area contributed by atoms with Crippen molar-refractivity contribution in [1.82, 2.24) is 0 Å². The van der Waals surface area contributed by atoms with Crippen LogP contribution >= 0.6 is 11.6 Å². The molecule has 18 heavy (non-hydrogen) atoms. The largest absolute Gasteiger partial charge is 0.227 e. The fourth-order valence-corrected chi connectivity index (χ4v) is 7.88. The van der Waals surface area contributed by atoms with E-state index in [2.05, 4.69) is 13.0 Å². The maximum absolute atomic E-state index is 12.3. The van der Waals surface area contributed by atoms with Crippen LogP contribution in [0.4, 0.5) is 0 Å². The Balaban J connectivity index is 2.16. The third-order valence-electron chi connectivity index (χ3n) is 5.49. The average molecular weight is 289 g/mol. The van der Waals surface area contributed by atoms with E-state index in [4.69, 9.17) is 11.6 Å². The molecule has 1 aliphatic heterocycles. The molecule has 0 aromatic heterocycles. The molecule has 0 spiro atoms. The van der Waals surface area contributed by atoms with Crippen molar-refractivity contribution in [3.05, 3.63) is 11.6 Å². The van der Waals surface area contributed by atoms with Crippen molar-refractivity contribution in [3.8, 4) is 0 Å². The van der Waals surface area contributed by atoms with Gasteiger partial charge in [0.2, 0.25) is 0 Å². The molecule has 4 heteroatoms. The smallest absolute Gasteiger partial charge is 0.168 e. The maximum atomic E-state index is 12.3. The summed E-state index contributed by atoms with van der Waals surface area (Å²) < 4.78 is 24.0. The second kappa shape index (κ2) is 3.99. The molecule has 2 nitrogen and oxygen atoms in total. The first-order chi connectivity index (χ1) is 8.42. The predicted molar refractivity (Wildman–Crippen MR) is 74.4 cm³/mol. The van der Waals surface area contributed by atoms with E-state index in [-0.39, 0.29) is 10.8 Å². The zero-order valence-electron chi connectivity index (χ0n) is 10.9. The second-order valence-corrected chi connectivity index (χ2v) is 9.33. The van der Waals surface area contributed by atoms with Gasteiger partial charge < -0.3 is 0 Å². The Morgan fingerprint density at radius 1 is 1.28 bits per heavy atom. The number of alkyl halides is 1. The molecule has 0 aromatic rings. The molecular weight excluding hydrogens is 268 g/mol. The summed E-state index contributed by atoms with van der Waals surface area (Å²) >= 11 is 6.44. The van der Waals surface area contributed by atoms with Crippen LogP contribution in [0.5, 0.6) is 0 Å². The summed E-state index contributed by atoms with van der Waals surface area (Å²) in [5, 5.41) is 0. The monoisotopic (exact) mass is 288 g/mol. The van der Waals surface area contributed by atoms with Crippen molar-refractivity contribution in [3.63, 3.8) is 0 Å². The SMILES string of the molecule is CC1=CC[C@]23CCCCC[C@@]2(C1)CS(=O)(=O)[C@H]3Cl. The third-order valence-corrected chi connectivity index (χ3v) is 8.76. The number of sulfone groups is 1. The van der Waals surface area contributed by atoms with Gasteiger partial charge in [0, 0.05) is 5.41 Å². The van der Waals surface area contributed by atoms with Gasteiger partial charge in [0.05, 0.1) is 5.75 Å². The summed E-state index contributed by atoms with van der Waals surface area (Å²) in [6, 6.07) is 0. The van der Waals surface area contributed by atoms with Gasteiger partial charge in [-0.25, -0.2) is 8.42 Å². The zero-order chi connectivity index (χ0) is 13.0. The first-order valence-electron chi connectivity index (χ1n) is 6.93. The lowest BCUT2D eigenvalue weighted by atomic mass is 9.56. The molecule has 1 saturated carbocycles. The molecule has 3 aliphatic rings. The normalized spacial score (nSPS) is 46.8. The third kappa shape index (κ3) is 1.56. The van der Waals surface area contributed by atoms with Gasteiger partial charge in [-0.05, 0) is 38.0 Å². The molecule has 0 bridgehead atoms. The Morgan fingerprint density at radius 2 is 2.00 bits per heavy atom. The summed E-state index contributed by atoms with van der Waals surface area (Å²) in [6.45, 7) is 2.14. The summed E-state index contributed by atoms with van der Waals surface area (Å²) in [7, 11) is -3.12. The lowest BCUT2D eigenvalue weighted by Crippen LogP contribution is -2.44. The first kappa shape index (κ1) is 13.0. The van der Waals surface area contributed by atoms with Gasteiger partial charge >= 0.3 is 0 Å². The maximum Gasteiger partial charge on any atom is 0.168 e. The molecule has 0 N–H and O–H groups in total. The second-order valence-electron chi connectivity index (χ2n) is 6.55. The number of hydrogen-bond acceptors (Lipinski definition) is 2. The van der Waals surface area contributed by atoms with Crippen LogP contribution in [0.2, 0.25) is 0 Å². The zero-order valence-corrected chi connectivity index (χ0v) is 12.5. The van der Waals surface area contributed by atoms with E-state index in [0.29, 0.717) is 5.75 Å². The van der Waals surface area contributed by atoms with Gasteiger partial charge in [-0.2, -0.15) is 0 Å². The van der Waals surface area contributed by atoms with Crippen molar-refractivity contribution in [1.29, 1.82) is 0 Å². The van der Waals surface area contributed by atoms with Gasteiger partial charge in [-0.3, -0.25) is 0 Å². The minimum Gasteiger partial charge on any atom is -0.227 e. The minimum absolute atomic E-state index is 0.0619. The van der Waals surface area contributed by atoms with Crippen molar-refractivity contribution >= 4 is 21.4 Å². The molecule has 0 radical (unpaired) electrons. The Morgan fingerprint density at radius 3 is 2.78 bits per heavy atom. The van der Waals surface area contributed by atoms with Crippen molar-refractivity contribution < 1.29 is 8.42 Å². The molecule has 0 amide bonds. The molecule has 1 heterocycles. The summed E-state index contributed by atoms with van der Waals surface area (Å²) in [4.78, 5) is 0. The number of rotatable bonds is 0. The van der Waals surface area contributed by atoms with Gasteiger partial charge in [-0.1, -0.05) is 30.9 Å². The lowest BCUT2D eigenvalue weighted by Gasteiger charge is -2.48. The Hall–Kier alpha value is -0.0200. The number of hydrogen-bond donors (Lipinski definition) is 0. The van der Waals surface area contributed by atoms with Crippen LogP contribution in [-0.4, -0.2) is 18.9 Å². The van der Waals surface area contributed by atoms with Crippen LogP contribution in [0.15, 0.2) is 11.6 Å². The highest BCUT2D eigenvalue weighted by molar-refractivity contribution is 7.93. The summed E-state index contributed by atoms with van der Waals surface area (Å²) in [5.74, 6) is 0.319. The van der Waals surface area contributed by atoms with E-state index in [1.807, 2.05) is 0 Å². The van der Waals surface area contributed by atoms with Crippen LogP contribution in [-0.2, 0) is 9.84 Å². The van der Waals surface area contributed by atoms with Crippen LogP contribution in [0.3, 0.4) is 0 Å². The Bertz CT molecular complexity index is 496. The van der Waals surface area contributed by atoms with E-state index >= 15 is 0 Å². The van der Waals surface area contributed by atoms with Crippen molar-refractivity contribution in [2.45, 2.75) is 56.6 Å². The van der Waals surface area contributed by atoms with Crippen molar-refractivity contribution in [2.24, 2.45) is 10.8 Å². The van der Waals surface area contributed by atoms with Gasteiger partial charge in [0.1, 0.15) is 4.71 Å². The molecule has 2 fully saturated rings. The van der Waals surface area contributed by atoms with Crippen molar-refractivity contribution in [2.75, 3.05) is 5.75 Å². The number of allylic oxidation sites excluding steroid dienone is 2. The van der Waals surface area contributed by atoms with E-state index in [0.717, 1.165) is 38.5 Å². The van der Waals surface area contributed by atoms with E-state index < -0.39 is 14.5 Å². The molecule has 1 saturated heterocycles. The van der Waals surface area contributed by atoms with Gasteiger partial charge in [-0.15, -0.1) is 11.6 Å². The number of halogens is 1. The van der Waals surface area contributed by atoms with E-state index in [1.165, 1.54) is 12.0 Å². The molecule has 0 aromatic carbocycles. The van der Waals surface area contributed by atoms with Crippen LogP contribution in [0.1, 0.15) is 51.9 Å². The van der Waals surface area contributed by atoms with Crippen LogP contribution in [0, 0.1) is 10.8 Å². The van der Waals surface area contributed by atoms with Crippen LogP contribution < -0.4 is 0 Å².